The predicted molar refractivity (Wildman–Crippen MR) is 98.7 cm³/mol. The molecule has 0 unspecified atom stereocenters. The summed E-state index contributed by atoms with van der Waals surface area (Å²) in [5.41, 5.74) is 1.10. The minimum atomic E-state index is -2.24. The topological polar surface area (TPSA) is 47.4 Å². The number of carbonyl (C=O) groups is 1. The summed E-state index contributed by atoms with van der Waals surface area (Å²) in [7, 11) is 3.76. The zero-order valence-electron chi connectivity index (χ0n) is 15.4. The Kier molecular flexibility index (Phi) is 4.72. The third kappa shape index (κ3) is 4.00. The van der Waals surface area contributed by atoms with Crippen LogP contribution in [0.3, 0.4) is 0 Å². The number of nitrogens with zero attached hydrogens (tertiary/aromatic N) is 3. The number of rotatable bonds is 2. The Morgan fingerprint density at radius 3 is 2.30 bits per heavy atom. The quantitative estimate of drug-likeness (QED) is 0.694. The van der Waals surface area contributed by atoms with Crippen LogP contribution in [0, 0.1) is 0 Å². The number of hydrogen-bond donors (Lipinski definition) is 0. The molecule has 0 spiro atoms. The van der Waals surface area contributed by atoms with Gasteiger partial charge < -0.3 is 0 Å². The second-order valence-electron chi connectivity index (χ2n) is 8.08. The van der Waals surface area contributed by atoms with Crippen LogP contribution in [-0.2, 0) is 4.74 Å². The third-order valence-electron chi connectivity index (χ3n) is 3.48. The molecule has 0 atom stereocenters. The molecule has 0 bridgehead atoms. The summed E-state index contributed by atoms with van der Waals surface area (Å²) in [6.45, 7) is 5.61. The summed E-state index contributed by atoms with van der Waals surface area (Å²) in [5.74, 6) is 0.593. The standard InChI is InChI=1S/C14H18N3O2.3CH3.Sn/c1-14(2,3)19-13(18)17-11-9-7-6-8-10(11)15-12(17)16(4)5;;;;/h6,8-9H,1-5H3;3*1H3;. The average molecular weight is 424 g/mol. The van der Waals surface area contributed by atoms with Crippen LogP contribution in [0.5, 0.6) is 0 Å². The molecule has 0 saturated heterocycles. The first-order valence-electron chi connectivity index (χ1n) is 7.84. The Hall–Kier alpha value is -1.24. The van der Waals surface area contributed by atoms with Crippen LogP contribution in [0.1, 0.15) is 20.8 Å². The Morgan fingerprint density at radius 2 is 1.83 bits per heavy atom. The SMILES string of the molecule is CN(C)c1nc2cc[c]([Sn]([CH3])([CH3])[CH3])cc2n1C(=O)OC(C)(C)C. The molecule has 2 rings (SSSR count). The second-order valence-corrected chi connectivity index (χ2v) is 22.6. The number of ether oxygens (including phenoxy) is 1. The van der Waals surface area contributed by atoms with Gasteiger partial charge in [-0.3, -0.25) is 0 Å². The summed E-state index contributed by atoms with van der Waals surface area (Å²) in [6.07, 6.45) is -0.384. The predicted octanol–water partition coefficient (Wildman–Crippen LogP) is 3.43. The Labute approximate surface area is 142 Å². The van der Waals surface area contributed by atoms with Crippen molar-refractivity contribution in [2.24, 2.45) is 0 Å². The van der Waals surface area contributed by atoms with Crippen molar-refractivity contribution in [2.45, 2.75) is 41.2 Å². The summed E-state index contributed by atoms with van der Waals surface area (Å²) in [6, 6.07) is 6.29. The van der Waals surface area contributed by atoms with Gasteiger partial charge in [-0.15, -0.1) is 0 Å². The molecular weight excluding hydrogens is 397 g/mol. The van der Waals surface area contributed by atoms with Gasteiger partial charge in [0.15, 0.2) is 0 Å². The molecule has 0 saturated carbocycles. The van der Waals surface area contributed by atoms with Gasteiger partial charge in [0.2, 0.25) is 0 Å². The maximum atomic E-state index is 12.7. The average Bonchev–Trinajstić information content (AvgIpc) is 2.73. The molecule has 0 amide bonds. The van der Waals surface area contributed by atoms with Crippen molar-refractivity contribution in [2.75, 3.05) is 19.0 Å². The summed E-state index contributed by atoms with van der Waals surface area (Å²) in [5, 5.41) is 0. The molecule has 126 valence electrons. The van der Waals surface area contributed by atoms with Crippen molar-refractivity contribution in [1.29, 1.82) is 0 Å². The first kappa shape index (κ1) is 18.1. The number of carbonyl (C=O) groups excluding carboxylic acids is 1. The van der Waals surface area contributed by atoms with Crippen LogP contribution in [0.2, 0.25) is 14.8 Å². The van der Waals surface area contributed by atoms with Crippen molar-refractivity contribution < 1.29 is 9.53 Å². The van der Waals surface area contributed by atoms with Crippen molar-refractivity contribution >= 4 is 45.0 Å². The van der Waals surface area contributed by atoms with Crippen molar-refractivity contribution in [1.82, 2.24) is 9.55 Å². The van der Waals surface area contributed by atoms with Gasteiger partial charge in [-0.25, -0.2) is 0 Å². The molecule has 1 aromatic heterocycles. The van der Waals surface area contributed by atoms with Gasteiger partial charge in [-0.05, 0) is 0 Å². The monoisotopic (exact) mass is 425 g/mol. The number of fused-ring (bicyclic) bond motifs is 1. The first-order valence-corrected chi connectivity index (χ1v) is 17.8. The van der Waals surface area contributed by atoms with E-state index >= 15 is 0 Å². The van der Waals surface area contributed by atoms with E-state index in [0.717, 1.165) is 11.0 Å². The van der Waals surface area contributed by atoms with Gasteiger partial charge in [0, 0.05) is 0 Å². The fourth-order valence-electron chi connectivity index (χ4n) is 2.32. The van der Waals surface area contributed by atoms with Crippen LogP contribution in [0.25, 0.3) is 11.0 Å². The van der Waals surface area contributed by atoms with E-state index < -0.39 is 24.0 Å². The molecule has 5 nitrogen and oxygen atoms in total. The first-order chi connectivity index (χ1) is 10.4. The van der Waals surface area contributed by atoms with Gasteiger partial charge in [-0.1, -0.05) is 0 Å². The maximum absolute atomic E-state index is 12.7. The summed E-state index contributed by atoms with van der Waals surface area (Å²) in [4.78, 5) is 26.2. The Balaban J connectivity index is 2.67. The third-order valence-corrected chi connectivity index (χ3v) is 9.31. The van der Waals surface area contributed by atoms with E-state index in [1.807, 2.05) is 45.8 Å². The molecule has 23 heavy (non-hydrogen) atoms. The van der Waals surface area contributed by atoms with E-state index in [0.29, 0.717) is 5.95 Å². The molecule has 0 aliphatic rings. The Bertz CT molecular complexity index is 737. The minimum absolute atomic E-state index is 0.384. The zero-order chi connectivity index (χ0) is 17.6. The molecule has 0 aliphatic heterocycles. The van der Waals surface area contributed by atoms with Crippen LogP contribution in [0.4, 0.5) is 10.7 Å². The number of hydrogen-bond acceptors (Lipinski definition) is 4. The summed E-state index contributed by atoms with van der Waals surface area (Å²) < 4.78 is 8.53. The molecule has 0 N–H and O–H groups in total. The zero-order valence-corrected chi connectivity index (χ0v) is 18.2. The van der Waals surface area contributed by atoms with Crippen molar-refractivity contribution in [3.63, 3.8) is 0 Å². The van der Waals surface area contributed by atoms with Crippen molar-refractivity contribution in [3.05, 3.63) is 18.2 Å². The Morgan fingerprint density at radius 1 is 1.22 bits per heavy atom. The molecule has 6 heteroatoms. The number of aromatic nitrogens is 2. The molecule has 1 aromatic carbocycles. The van der Waals surface area contributed by atoms with E-state index in [-0.39, 0.29) is 6.09 Å². The number of benzene rings is 1. The van der Waals surface area contributed by atoms with E-state index in [4.69, 9.17) is 4.74 Å². The van der Waals surface area contributed by atoms with E-state index in [9.17, 15) is 4.79 Å². The number of anilines is 1. The molecule has 0 fully saturated rings. The van der Waals surface area contributed by atoms with Crippen molar-refractivity contribution in [3.8, 4) is 0 Å². The van der Waals surface area contributed by atoms with E-state index in [1.54, 1.807) is 4.57 Å². The van der Waals surface area contributed by atoms with Gasteiger partial charge in [0.05, 0.1) is 0 Å². The second kappa shape index (κ2) is 6.00. The molecular formula is C17H27N3O2Sn. The van der Waals surface area contributed by atoms with E-state index in [1.165, 1.54) is 3.58 Å². The van der Waals surface area contributed by atoms with Gasteiger partial charge in [0.1, 0.15) is 0 Å². The molecule has 0 radical (unpaired) electrons. The van der Waals surface area contributed by atoms with Crippen LogP contribution < -0.4 is 8.48 Å². The molecule has 1 heterocycles. The fourth-order valence-corrected chi connectivity index (χ4v) is 5.61. The normalized spacial score (nSPS) is 12.5. The van der Waals surface area contributed by atoms with Crippen LogP contribution in [-0.4, -0.2) is 53.7 Å². The van der Waals surface area contributed by atoms with Gasteiger partial charge in [0.25, 0.3) is 0 Å². The summed E-state index contributed by atoms with van der Waals surface area (Å²) >= 11 is -2.24. The number of imidazole rings is 1. The molecule has 2 aromatic rings. The van der Waals surface area contributed by atoms with E-state index in [2.05, 4.69) is 31.9 Å². The van der Waals surface area contributed by atoms with Gasteiger partial charge >= 0.3 is 142 Å². The van der Waals surface area contributed by atoms with Crippen LogP contribution in [0.15, 0.2) is 18.2 Å². The fraction of sp³-hybridized carbons (Fsp3) is 0.529. The van der Waals surface area contributed by atoms with Gasteiger partial charge in [-0.2, -0.15) is 0 Å². The molecule has 0 aliphatic carbocycles. The van der Waals surface area contributed by atoms with Crippen LogP contribution >= 0.6 is 0 Å².